The van der Waals surface area contributed by atoms with Crippen LogP contribution in [0.25, 0.3) is 0 Å². The van der Waals surface area contributed by atoms with Crippen LogP contribution in [0.3, 0.4) is 0 Å². The highest BCUT2D eigenvalue weighted by Gasteiger charge is 2.83. The molecule has 6 atom stereocenters. The second-order valence-electron chi connectivity index (χ2n) is 5.58. The molecule has 1 nitrogen and oxygen atoms in total. The highest BCUT2D eigenvalue weighted by atomic mass is 15.0. The molecule has 0 spiro atoms. The first-order valence-corrected chi connectivity index (χ1v) is 5.02. The molecule has 0 radical (unpaired) electrons. The third kappa shape index (κ3) is 0.439. The lowest BCUT2D eigenvalue weighted by molar-refractivity contribution is 0.299. The minimum atomic E-state index is 0.626. The summed E-state index contributed by atoms with van der Waals surface area (Å²) in [7, 11) is 0. The summed E-state index contributed by atoms with van der Waals surface area (Å²) in [4.78, 5) is 4.24. The fraction of sp³-hybridized carbons (Fsp3) is 0.909. The lowest BCUT2D eigenvalue weighted by atomic mass is 9.86. The molecule has 0 N–H and O–H groups in total. The number of rotatable bonds is 1. The van der Waals surface area contributed by atoms with E-state index in [1.807, 2.05) is 0 Å². The van der Waals surface area contributed by atoms with Crippen LogP contribution in [-0.2, 0) is 0 Å². The summed E-state index contributed by atoms with van der Waals surface area (Å²) in [5, 5.41) is 0. The van der Waals surface area contributed by atoms with E-state index >= 15 is 0 Å². The molecule has 0 aromatic heterocycles. The van der Waals surface area contributed by atoms with Gasteiger partial charge in [-0.2, -0.15) is 0 Å². The van der Waals surface area contributed by atoms with Crippen LogP contribution >= 0.6 is 0 Å². The maximum absolute atomic E-state index is 4.24. The molecule has 0 aromatic rings. The van der Waals surface area contributed by atoms with Crippen molar-refractivity contribution in [3.63, 3.8) is 0 Å². The molecule has 0 aromatic carbocycles. The molecule has 0 bridgehead atoms. The van der Waals surface area contributed by atoms with Crippen LogP contribution in [0.4, 0.5) is 0 Å². The molecule has 3 rings (SSSR count). The second-order valence-corrected chi connectivity index (χ2v) is 5.58. The van der Waals surface area contributed by atoms with Crippen molar-refractivity contribution in [1.82, 2.24) is 0 Å². The molecular formula is C11H17N. The average Bonchev–Trinajstić information content (AvgIpc) is 2.83. The van der Waals surface area contributed by atoms with Crippen molar-refractivity contribution in [3.05, 3.63) is 0 Å². The second kappa shape index (κ2) is 1.51. The van der Waals surface area contributed by atoms with Gasteiger partial charge in [0.25, 0.3) is 0 Å². The van der Waals surface area contributed by atoms with Gasteiger partial charge in [0.1, 0.15) is 0 Å². The van der Waals surface area contributed by atoms with Crippen molar-refractivity contribution >= 4 is 6.72 Å². The topological polar surface area (TPSA) is 12.4 Å². The van der Waals surface area contributed by atoms with Crippen LogP contribution in [0.5, 0.6) is 0 Å². The van der Waals surface area contributed by atoms with Crippen molar-refractivity contribution in [3.8, 4) is 0 Å². The van der Waals surface area contributed by atoms with Gasteiger partial charge in [0.2, 0.25) is 0 Å². The summed E-state index contributed by atoms with van der Waals surface area (Å²) in [5.74, 6) is 2.68. The molecule has 66 valence electrons. The van der Waals surface area contributed by atoms with Crippen LogP contribution in [0.2, 0.25) is 0 Å². The van der Waals surface area contributed by atoms with Crippen LogP contribution in [0.1, 0.15) is 27.2 Å². The van der Waals surface area contributed by atoms with Crippen LogP contribution in [0.15, 0.2) is 4.99 Å². The molecular weight excluding hydrogens is 146 g/mol. The first kappa shape index (κ1) is 7.11. The van der Waals surface area contributed by atoms with Gasteiger partial charge in [-0.15, -0.1) is 0 Å². The lowest BCUT2D eigenvalue weighted by Gasteiger charge is -2.19. The molecule has 0 amide bonds. The Morgan fingerprint density at radius 1 is 1.33 bits per heavy atom. The standard InChI is InChI=1S/C11H17N/c1-6-7-8(9(7)12-4)11(3)5-10(6,11)2/h6-9H,4-5H2,1-3H3. The van der Waals surface area contributed by atoms with Gasteiger partial charge in [-0.1, -0.05) is 20.8 Å². The van der Waals surface area contributed by atoms with E-state index in [4.69, 9.17) is 0 Å². The van der Waals surface area contributed by atoms with E-state index in [0.717, 1.165) is 17.8 Å². The molecule has 3 fully saturated rings. The SMILES string of the molecule is C=NC1C2C(C)C3(C)CC3(C)C12. The Kier molecular flexibility index (Phi) is 0.897. The Morgan fingerprint density at radius 2 is 2.00 bits per heavy atom. The van der Waals surface area contributed by atoms with Gasteiger partial charge in [0, 0.05) is 0 Å². The predicted octanol–water partition coefficient (Wildman–Crippen LogP) is 2.37. The molecule has 0 heterocycles. The first-order chi connectivity index (χ1) is 5.56. The summed E-state index contributed by atoms with van der Waals surface area (Å²) in [6.07, 6.45) is 1.44. The summed E-state index contributed by atoms with van der Waals surface area (Å²) in [6.45, 7) is 11.0. The Morgan fingerprint density at radius 3 is 2.42 bits per heavy atom. The smallest absolute Gasteiger partial charge is 0.0564 e. The third-order valence-electron chi connectivity index (χ3n) is 5.48. The van der Waals surface area contributed by atoms with Gasteiger partial charge in [0.15, 0.2) is 0 Å². The van der Waals surface area contributed by atoms with Crippen molar-refractivity contribution in [2.75, 3.05) is 0 Å². The predicted molar refractivity (Wildman–Crippen MR) is 50.3 cm³/mol. The van der Waals surface area contributed by atoms with E-state index in [-0.39, 0.29) is 0 Å². The highest BCUT2D eigenvalue weighted by Crippen LogP contribution is 2.86. The third-order valence-corrected chi connectivity index (χ3v) is 5.48. The minimum Gasteiger partial charge on any atom is -0.297 e. The largest absolute Gasteiger partial charge is 0.297 e. The van der Waals surface area contributed by atoms with E-state index in [2.05, 4.69) is 32.5 Å². The van der Waals surface area contributed by atoms with Gasteiger partial charge in [-0.05, 0) is 41.7 Å². The van der Waals surface area contributed by atoms with Crippen molar-refractivity contribution in [2.45, 2.75) is 33.2 Å². The van der Waals surface area contributed by atoms with Gasteiger partial charge in [-0.3, -0.25) is 4.99 Å². The van der Waals surface area contributed by atoms with E-state index in [0.29, 0.717) is 16.9 Å². The van der Waals surface area contributed by atoms with Crippen LogP contribution in [0, 0.1) is 28.6 Å². The quantitative estimate of drug-likeness (QED) is 0.526. The zero-order valence-electron chi connectivity index (χ0n) is 8.17. The summed E-state index contributed by atoms with van der Waals surface area (Å²) in [5.41, 5.74) is 1.31. The number of hydrogen-bond acceptors (Lipinski definition) is 1. The maximum atomic E-state index is 4.24. The molecule has 6 unspecified atom stereocenters. The molecule has 3 saturated carbocycles. The fourth-order valence-electron chi connectivity index (χ4n) is 4.28. The Labute approximate surface area is 74.3 Å². The Bertz CT molecular complexity index is 272. The lowest BCUT2D eigenvalue weighted by Crippen LogP contribution is -2.16. The zero-order valence-corrected chi connectivity index (χ0v) is 8.17. The van der Waals surface area contributed by atoms with Crippen molar-refractivity contribution in [2.24, 2.45) is 33.6 Å². The molecule has 0 aliphatic heterocycles. The Hall–Kier alpha value is -0.330. The average molecular weight is 163 g/mol. The van der Waals surface area contributed by atoms with Gasteiger partial charge >= 0.3 is 0 Å². The molecule has 3 aliphatic carbocycles. The van der Waals surface area contributed by atoms with E-state index in [1.54, 1.807) is 0 Å². The summed E-state index contributed by atoms with van der Waals surface area (Å²) < 4.78 is 0. The monoisotopic (exact) mass is 163 g/mol. The zero-order chi connectivity index (χ0) is 8.72. The molecule has 0 saturated heterocycles. The number of aliphatic imine (C=N–C) groups is 1. The van der Waals surface area contributed by atoms with Crippen molar-refractivity contribution < 1.29 is 0 Å². The highest BCUT2D eigenvalue weighted by molar-refractivity contribution is 5.37. The minimum absolute atomic E-state index is 0.626. The van der Waals surface area contributed by atoms with Crippen LogP contribution < -0.4 is 0 Å². The molecule has 1 heteroatoms. The van der Waals surface area contributed by atoms with Crippen LogP contribution in [-0.4, -0.2) is 12.8 Å². The number of fused-ring (bicyclic) bond motifs is 3. The number of nitrogens with zero attached hydrogens (tertiary/aromatic N) is 1. The number of hydrogen-bond donors (Lipinski definition) is 0. The Balaban J connectivity index is 1.98. The van der Waals surface area contributed by atoms with Gasteiger partial charge < -0.3 is 0 Å². The van der Waals surface area contributed by atoms with E-state index in [9.17, 15) is 0 Å². The van der Waals surface area contributed by atoms with Crippen molar-refractivity contribution in [1.29, 1.82) is 0 Å². The summed E-state index contributed by atoms with van der Waals surface area (Å²) in [6, 6.07) is 0.626. The van der Waals surface area contributed by atoms with E-state index < -0.39 is 0 Å². The molecule has 3 aliphatic rings. The van der Waals surface area contributed by atoms with E-state index in [1.165, 1.54) is 6.42 Å². The molecule has 12 heavy (non-hydrogen) atoms. The fourth-order valence-corrected chi connectivity index (χ4v) is 4.28. The summed E-state index contributed by atoms with van der Waals surface area (Å²) >= 11 is 0. The first-order valence-electron chi connectivity index (χ1n) is 5.02. The normalized spacial score (nSPS) is 71.6. The van der Waals surface area contributed by atoms with Gasteiger partial charge in [-0.25, -0.2) is 0 Å². The maximum Gasteiger partial charge on any atom is 0.0564 e. The van der Waals surface area contributed by atoms with Gasteiger partial charge in [0.05, 0.1) is 6.04 Å².